The number of rotatable bonds is 8. The number of carbonyl (C=O) groups excluding carboxylic acids is 2. The van der Waals surface area contributed by atoms with Crippen LogP contribution in [0.2, 0.25) is 5.02 Å². The molecule has 1 aliphatic rings. The minimum Gasteiger partial charge on any atom is -0.484 e. The number of benzene rings is 1. The smallest absolute Gasteiger partial charge is 0.257 e. The highest BCUT2D eigenvalue weighted by atomic mass is 35.5. The van der Waals surface area contributed by atoms with Crippen molar-refractivity contribution in [1.29, 1.82) is 0 Å². The SMILES string of the molecule is C=C(CCNC(=O)COc1ccc(Cl)c(F)c1)NC(=O)C1CC(C)COS1. The van der Waals surface area contributed by atoms with Gasteiger partial charge in [0.1, 0.15) is 16.8 Å². The van der Waals surface area contributed by atoms with Gasteiger partial charge in [-0.25, -0.2) is 4.39 Å². The van der Waals surface area contributed by atoms with Crippen LogP contribution in [0.4, 0.5) is 4.39 Å². The fraction of sp³-hybridized carbons (Fsp3) is 0.444. The molecule has 0 aliphatic carbocycles. The van der Waals surface area contributed by atoms with Crippen LogP contribution in [0.25, 0.3) is 0 Å². The minimum absolute atomic E-state index is 0.0139. The lowest BCUT2D eigenvalue weighted by Crippen LogP contribution is -2.37. The molecule has 6 nitrogen and oxygen atoms in total. The van der Waals surface area contributed by atoms with E-state index < -0.39 is 5.82 Å². The topological polar surface area (TPSA) is 76.7 Å². The van der Waals surface area contributed by atoms with Gasteiger partial charge in [0, 0.05) is 36.8 Å². The van der Waals surface area contributed by atoms with Gasteiger partial charge >= 0.3 is 0 Å². The van der Waals surface area contributed by atoms with E-state index >= 15 is 0 Å². The number of nitrogens with one attached hydrogen (secondary N) is 2. The van der Waals surface area contributed by atoms with Gasteiger partial charge in [-0.3, -0.25) is 9.59 Å². The third-order valence-electron chi connectivity index (χ3n) is 3.76. The van der Waals surface area contributed by atoms with Crippen molar-refractivity contribution in [3.63, 3.8) is 0 Å². The van der Waals surface area contributed by atoms with Crippen LogP contribution in [0.3, 0.4) is 0 Å². The van der Waals surface area contributed by atoms with Crippen molar-refractivity contribution in [1.82, 2.24) is 10.6 Å². The number of halogens is 2. The number of carbonyl (C=O) groups is 2. The fourth-order valence-corrected chi connectivity index (χ4v) is 3.44. The first-order chi connectivity index (χ1) is 12.8. The van der Waals surface area contributed by atoms with Gasteiger partial charge in [0.15, 0.2) is 6.61 Å². The Balaban J connectivity index is 1.63. The molecule has 1 aromatic carbocycles. The summed E-state index contributed by atoms with van der Waals surface area (Å²) >= 11 is 6.76. The molecule has 1 fully saturated rings. The molecule has 1 heterocycles. The van der Waals surface area contributed by atoms with Crippen LogP contribution in [0.1, 0.15) is 19.8 Å². The zero-order valence-corrected chi connectivity index (χ0v) is 16.5. The summed E-state index contributed by atoms with van der Waals surface area (Å²) in [6.45, 7) is 6.51. The monoisotopic (exact) mass is 416 g/mol. The van der Waals surface area contributed by atoms with E-state index in [0.717, 1.165) is 12.5 Å². The van der Waals surface area contributed by atoms with Crippen molar-refractivity contribution in [3.05, 3.63) is 41.3 Å². The predicted octanol–water partition coefficient (Wildman–Crippen LogP) is 3.07. The minimum atomic E-state index is -0.613. The molecule has 2 rings (SSSR count). The van der Waals surface area contributed by atoms with E-state index in [1.54, 1.807) is 0 Å². The Morgan fingerprint density at radius 1 is 1.48 bits per heavy atom. The van der Waals surface area contributed by atoms with Crippen LogP contribution >= 0.6 is 23.6 Å². The van der Waals surface area contributed by atoms with E-state index in [0.29, 0.717) is 31.2 Å². The normalized spacial score (nSPS) is 19.2. The van der Waals surface area contributed by atoms with E-state index in [4.69, 9.17) is 20.5 Å². The van der Waals surface area contributed by atoms with Crippen LogP contribution < -0.4 is 15.4 Å². The van der Waals surface area contributed by atoms with Gasteiger partial charge in [-0.05, 0) is 24.5 Å². The Kier molecular flexibility index (Phi) is 8.40. The Labute approximate surface area is 167 Å². The molecular formula is C18H22ClFN2O4S. The second-order valence-corrected chi connectivity index (χ2v) is 7.67. The second kappa shape index (κ2) is 10.5. The number of hydrogen-bond acceptors (Lipinski definition) is 5. The summed E-state index contributed by atoms with van der Waals surface area (Å²) in [7, 11) is 0. The molecular weight excluding hydrogens is 395 g/mol. The Morgan fingerprint density at radius 3 is 2.96 bits per heavy atom. The van der Waals surface area contributed by atoms with E-state index in [9.17, 15) is 14.0 Å². The van der Waals surface area contributed by atoms with Crippen molar-refractivity contribution >= 4 is 35.5 Å². The third kappa shape index (κ3) is 7.40. The molecule has 0 aromatic heterocycles. The highest BCUT2D eigenvalue weighted by Crippen LogP contribution is 2.27. The molecule has 2 N–H and O–H groups in total. The molecule has 0 saturated carbocycles. The quantitative estimate of drug-likeness (QED) is 0.637. The summed E-state index contributed by atoms with van der Waals surface area (Å²) < 4.78 is 23.8. The molecule has 1 aromatic rings. The Morgan fingerprint density at radius 2 is 2.26 bits per heavy atom. The lowest BCUT2D eigenvalue weighted by molar-refractivity contribution is -0.123. The van der Waals surface area contributed by atoms with E-state index in [2.05, 4.69) is 17.2 Å². The van der Waals surface area contributed by atoms with Gasteiger partial charge in [0.2, 0.25) is 5.91 Å². The molecule has 1 aliphatic heterocycles. The number of ether oxygens (including phenoxy) is 1. The molecule has 9 heteroatoms. The largest absolute Gasteiger partial charge is 0.484 e. The molecule has 148 valence electrons. The average molecular weight is 417 g/mol. The van der Waals surface area contributed by atoms with Gasteiger partial charge < -0.3 is 19.6 Å². The van der Waals surface area contributed by atoms with E-state index in [1.165, 1.54) is 24.2 Å². The lowest BCUT2D eigenvalue weighted by Gasteiger charge is -2.25. The zero-order valence-electron chi connectivity index (χ0n) is 14.9. The first-order valence-electron chi connectivity index (χ1n) is 8.46. The van der Waals surface area contributed by atoms with Crippen molar-refractivity contribution in [2.45, 2.75) is 25.0 Å². The number of hydrogen-bond donors (Lipinski definition) is 2. The molecule has 0 bridgehead atoms. The summed E-state index contributed by atoms with van der Waals surface area (Å²) in [5, 5.41) is 5.12. The van der Waals surface area contributed by atoms with Crippen LogP contribution in [0.15, 0.2) is 30.5 Å². The summed E-state index contributed by atoms with van der Waals surface area (Å²) in [5.74, 6) is -0.572. The van der Waals surface area contributed by atoms with Crippen molar-refractivity contribution < 1.29 is 22.9 Å². The molecule has 1 saturated heterocycles. The van der Waals surface area contributed by atoms with Gasteiger partial charge in [0.25, 0.3) is 5.91 Å². The van der Waals surface area contributed by atoms with Gasteiger partial charge in [-0.2, -0.15) is 0 Å². The molecule has 0 spiro atoms. The third-order valence-corrected chi connectivity index (χ3v) is 4.97. The second-order valence-electron chi connectivity index (χ2n) is 6.27. The molecule has 0 radical (unpaired) electrons. The standard InChI is InChI=1S/C18H22ClFN2O4S/c1-11-7-16(27-26-9-11)18(24)22-12(2)5-6-21-17(23)10-25-13-3-4-14(19)15(20)8-13/h3-4,8,11,16H,2,5-7,9-10H2,1H3,(H,21,23)(H,22,24). The van der Waals surface area contributed by atoms with Crippen LogP contribution in [0.5, 0.6) is 5.75 Å². The Hall–Kier alpha value is -1.77. The van der Waals surface area contributed by atoms with Crippen molar-refractivity contribution in [2.24, 2.45) is 5.92 Å². The van der Waals surface area contributed by atoms with E-state index in [1.807, 2.05) is 6.92 Å². The molecule has 2 amide bonds. The molecule has 2 unspecified atom stereocenters. The summed E-state index contributed by atoms with van der Waals surface area (Å²) in [6, 6.07) is 3.94. The lowest BCUT2D eigenvalue weighted by atomic mass is 10.1. The summed E-state index contributed by atoms with van der Waals surface area (Å²) in [6.07, 6.45) is 1.14. The van der Waals surface area contributed by atoms with Gasteiger partial charge in [0.05, 0.1) is 11.6 Å². The zero-order chi connectivity index (χ0) is 19.8. The molecule has 27 heavy (non-hydrogen) atoms. The van der Waals surface area contributed by atoms with Crippen molar-refractivity contribution in [3.8, 4) is 5.75 Å². The average Bonchev–Trinajstić information content (AvgIpc) is 2.62. The maximum Gasteiger partial charge on any atom is 0.257 e. The van der Waals surface area contributed by atoms with Crippen LogP contribution in [-0.4, -0.2) is 36.8 Å². The predicted molar refractivity (Wildman–Crippen MR) is 103 cm³/mol. The highest BCUT2D eigenvalue weighted by Gasteiger charge is 2.27. The highest BCUT2D eigenvalue weighted by molar-refractivity contribution is 7.96. The molecule has 2 atom stereocenters. The Bertz CT molecular complexity index is 704. The van der Waals surface area contributed by atoms with Crippen LogP contribution in [-0.2, 0) is 13.8 Å². The number of amides is 2. The van der Waals surface area contributed by atoms with Crippen molar-refractivity contribution in [2.75, 3.05) is 19.8 Å². The fourth-order valence-electron chi connectivity index (χ4n) is 2.30. The van der Waals surface area contributed by atoms with E-state index in [-0.39, 0.29) is 34.4 Å². The first kappa shape index (κ1) is 21.5. The maximum atomic E-state index is 13.3. The van der Waals surface area contributed by atoms with Gasteiger partial charge in [-0.15, -0.1) is 0 Å². The first-order valence-corrected chi connectivity index (χ1v) is 9.65. The summed E-state index contributed by atoms with van der Waals surface area (Å²) in [5.41, 5.74) is 0.514. The maximum absolute atomic E-state index is 13.3. The van der Waals surface area contributed by atoms with Gasteiger partial charge in [-0.1, -0.05) is 25.1 Å². The summed E-state index contributed by atoms with van der Waals surface area (Å²) in [4.78, 5) is 23.9. The van der Waals surface area contributed by atoms with Crippen LogP contribution in [0, 0.1) is 11.7 Å².